The molecule has 0 aliphatic heterocycles. The molecular formula is C16H14N2O. The normalized spacial score (nSPS) is 10.3. The van der Waals surface area contributed by atoms with Gasteiger partial charge in [0.1, 0.15) is 6.61 Å². The molecule has 0 radical (unpaired) electrons. The van der Waals surface area contributed by atoms with Crippen molar-refractivity contribution in [3.63, 3.8) is 0 Å². The zero-order valence-corrected chi connectivity index (χ0v) is 10.7. The highest BCUT2D eigenvalue weighted by Crippen LogP contribution is 2.08. The maximum Gasteiger partial charge on any atom is 0.143 e. The maximum atomic E-state index is 8.94. The first kappa shape index (κ1) is 12.8. The first-order valence-electron chi connectivity index (χ1n) is 5.99. The van der Waals surface area contributed by atoms with Crippen LogP contribution in [0.3, 0.4) is 0 Å². The van der Waals surface area contributed by atoms with Gasteiger partial charge in [-0.1, -0.05) is 53.2 Å². The first-order valence-corrected chi connectivity index (χ1v) is 5.99. The zero-order valence-electron chi connectivity index (χ0n) is 10.7. The summed E-state index contributed by atoms with van der Waals surface area (Å²) in [7, 11) is 0. The van der Waals surface area contributed by atoms with Crippen molar-refractivity contribution in [2.45, 2.75) is 13.5 Å². The summed E-state index contributed by atoms with van der Waals surface area (Å²) in [5.74, 6) is 0. The Morgan fingerprint density at radius 2 is 2.05 bits per heavy atom. The van der Waals surface area contributed by atoms with Gasteiger partial charge in [-0.05, 0) is 18.6 Å². The van der Waals surface area contributed by atoms with Crippen LogP contribution in [0, 0.1) is 18.3 Å². The lowest BCUT2D eigenvalue weighted by Gasteiger charge is -2.01. The molecule has 2 aromatic rings. The summed E-state index contributed by atoms with van der Waals surface area (Å²) in [6, 6.07) is 17.5. The Morgan fingerprint density at radius 3 is 2.84 bits per heavy atom. The van der Waals surface area contributed by atoms with Crippen LogP contribution >= 0.6 is 0 Å². The molecule has 3 heteroatoms. The third kappa shape index (κ3) is 3.68. The molecule has 0 saturated carbocycles. The molecule has 0 amide bonds. The van der Waals surface area contributed by atoms with Crippen molar-refractivity contribution in [2.75, 3.05) is 0 Å². The second kappa shape index (κ2) is 6.36. The molecule has 0 saturated heterocycles. The molecule has 0 aliphatic rings. The van der Waals surface area contributed by atoms with Gasteiger partial charge in [-0.2, -0.15) is 5.26 Å². The Bertz CT molecular complexity index is 627. The number of benzene rings is 2. The quantitative estimate of drug-likeness (QED) is 0.616. The van der Waals surface area contributed by atoms with Crippen LogP contribution in [0.2, 0.25) is 0 Å². The van der Waals surface area contributed by atoms with Gasteiger partial charge >= 0.3 is 0 Å². The Kier molecular flexibility index (Phi) is 4.30. The van der Waals surface area contributed by atoms with Gasteiger partial charge < -0.3 is 4.84 Å². The third-order valence-electron chi connectivity index (χ3n) is 2.68. The first-order chi connectivity index (χ1) is 9.29. The average Bonchev–Trinajstić information content (AvgIpc) is 2.44. The lowest BCUT2D eigenvalue weighted by molar-refractivity contribution is 0.132. The lowest BCUT2D eigenvalue weighted by Crippen LogP contribution is -1.92. The van der Waals surface area contributed by atoms with Crippen LogP contribution in [0.4, 0.5) is 0 Å². The van der Waals surface area contributed by atoms with Gasteiger partial charge in [0.15, 0.2) is 0 Å². The number of aryl methyl sites for hydroxylation is 1. The largest absolute Gasteiger partial charge is 0.391 e. The monoisotopic (exact) mass is 250 g/mol. The Hall–Kier alpha value is -2.60. The smallest absolute Gasteiger partial charge is 0.143 e. The highest BCUT2D eigenvalue weighted by Gasteiger charge is 1.99. The van der Waals surface area contributed by atoms with Crippen molar-refractivity contribution in [3.8, 4) is 6.07 Å². The highest BCUT2D eigenvalue weighted by molar-refractivity contribution is 5.79. The number of nitrogens with zero attached hydrogens (tertiary/aromatic N) is 2. The number of nitriles is 1. The SMILES string of the molecule is Cc1cccc(C=NOCc2ccccc2C#N)c1. The third-order valence-corrected chi connectivity index (χ3v) is 2.68. The maximum absolute atomic E-state index is 8.94. The van der Waals surface area contributed by atoms with Crippen molar-refractivity contribution < 1.29 is 4.84 Å². The van der Waals surface area contributed by atoms with E-state index in [4.69, 9.17) is 10.1 Å². The fraction of sp³-hybridized carbons (Fsp3) is 0.125. The molecule has 0 atom stereocenters. The summed E-state index contributed by atoms with van der Waals surface area (Å²) in [4.78, 5) is 5.22. The molecule has 19 heavy (non-hydrogen) atoms. The molecule has 2 rings (SSSR count). The summed E-state index contributed by atoms with van der Waals surface area (Å²) in [6.45, 7) is 2.33. The van der Waals surface area contributed by atoms with Crippen LogP contribution in [-0.2, 0) is 11.4 Å². The number of rotatable bonds is 4. The minimum Gasteiger partial charge on any atom is -0.391 e. The summed E-state index contributed by atoms with van der Waals surface area (Å²) in [5, 5.41) is 12.9. The van der Waals surface area contributed by atoms with Crippen molar-refractivity contribution in [1.29, 1.82) is 5.26 Å². The van der Waals surface area contributed by atoms with Gasteiger partial charge in [0.25, 0.3) is 0 Å². The Morgan fingerprint density at radius 1 is 1.21 bits per heavy atom. The zero-order chi connectivity index (χ0) is 13.5. The number of hydrogen-bond donors (Lipinski definition) is 0. The fourth-order valence-electron chi connectivity index (χ4n) is 1.71. The van der Waals surface area contributed by atoms with E-state index in [1.54, 1.807) is 12.3 Å². The summed E-state index contributed by atoms with van der Waals surface area (Å²) < 4.78 is 0. The Labute approximate surface area is 112 Å². The second-order valence-corrected chi connectivity index (χ2v) is 4.19. The predicted molar refractivity (Wildman–Crippen MR) is 74.7 cm³/mol. The van der Waals surface area contributed by atoms with E-state index < -0.39 is 0 Å². The highest BCUT2D eigenvalue weighted by atomic mass is 16.6. The fourth-order valence-corrected chi connectivity index (χ4v) is 1.71. The molecule has 0 aromatic heterocycles. The predicted octanol–water partition coefficient (Wildman–Crippen LogP) is 3.42. The minimum absolute atomic E-state index is 0.298. The summed E-state index contributed by atoms with van der Waals surface area (Å²) in [6.07, 6.45) is 1.67. The van der Waals surface area contributed by atoms with Crippen molar-refractivity contribution in [1.82, 2.24) is 0 Å². The molecule has 0 aliphatic carbocycles. The molecule has 0 heterocycles. The van der Waals surface area contributed by atoms with E-state index in [-0.39, 0.29) is 0 Å². The van der Waals surface area contributed by atoms with Crippen LogP contribution in [0.15, 0.2) is 53.7 Å². The standard InChI is InChI=1S/C16H14N2O/c1-13-5-4-6-14(9-13)11-18-19-12-16-8-3-2-7-15(16)10-17/h2-9,11H,12H2,1H3. The molecular weight excluding hydrogens is 236 g/mol. The van der Waals surface area contributed by atoms with E-state index in [0.29, 0.717) is 12.2 Å². The second-order valence-electron chi connectivity index (χ2n) is 4.19. The molecule has 0 spiro atoms. The molecule has 0 unspecified atom stereocenters. The van der Waals surface area contributed by atoms with E-state index in [1.807, 2.05) is 49.4 Å². The Balaban J connectivity index is 1.95. The van der Waals surface area contributed by atoms with Crippen LogP contribution in [-0.4, -0.2) is 6.21 Å². The topological polar surface area (TPSA) is 45.4 Å². The van der Waals surface area contributed by atoms with Gasteiger partial charge in [-0.25, -0.2) is 0 Å². The van der Waals surface area contributed by atoms with Gasteiger partial charge in [-0.15, -0.1) is 0 Å². The van der Waals surface area contributed by atoms with Crippen LogP contribution in [0.25, 0.3) is 0 Å². The lowest BCUT2D eigenvalue weighted by atomic mass is 10.1. The van der Waals surface area contributed by atoms with E-state index in [2.05, 4.69) is 11.2 Å². The average molecular weight is 250 g/mol. The molecule has 3 nitrogen and oxygen atoms in total. The minimum atomic E-state index is 0.298. The van der Waals surface area contributed by atoms with E-state index in [9.17, 15) is 0 Å². The van der Waals surface area contributed by atoms with Crippen LogP contribution < -0.4 is 0 Å². The van der Waals surface area contributed by atoms with Gasteiger partial charge in [0.05, 0.1) is 17.8 Å². The van der Waals surface area contributed by atoms with Gasteiger partial charge in [-0.3, -0.25) is 0 Å². The molecule has 0 bridgehead atoms. The van der Waals surface area contributed by atoms with Gasteiger partial charge in [0.2, 0.25) is 0 Å². The van der Waals surface area contributed by atoms with Crippen molar-refractivity contribution in [2.24, 2.45) is 5.16 Å². The summed E-state index contributed by atoms with van der Waals surface area (Å²) >= 11 is 0. The summed E-state index contributed by atoms with van der Waals surface area (Å²) in [5.41, 5.74) is 3.63. The van der Waals surface area contributed by atoms with E-state index in [1.165, 1.54) is 5.56 Å². The molecule has 0 fully saturated rings. The molecule has 0 N–H and O–H groups in total. The van der Waals surface area contributed by atoms with Gasteiger partial charge in [0, 0.05) is 5.56 Å². The van der Waals surface area contributed by atoms with Crippen molar-refractivity contribution >= 4 is 6.21 Å². The van der Waals surface area contributed by atoms with Crippen LogP contribution in [0.1, 0.15) is 22.3 Å². The van der Waals surface area contributed by atoms with Crippen LogP contribution in [0.5, 0.6) is 0 Å². The van der Waals surface area contributed by atoms with E-state index in [0.717, 1.165) is 11.1 Å². The number of oxime groups is 1. The molecule has 94 valence electrons. The van der Waals surface area contributed by atoms with Crippen molar-refractivity contribution in [3.05, 3.63) is 70.8 Å². The molecule has 2 aromatic carbocycles. The number of hydrogen-bond acceptors (Lipinski definition) is 3. The van der Waals surface area contributed by atoms with E-state index >= 15 is 0 Å².